The average Bonchev–Trinajstić information content (AvgIpc) is 2.38. The molecule has 0 N–H and O–H groups in total. The SMILES string of the molecule is CN(C)c1ccc(C(C#N)N(C)C(=O)C(C)(C)C)cc1. The van der Waals surface area contributed by atoms with Gasteiger partial charge in [0.2, 0.25) is 5.91 Å². The summed E-state index contributed by atoms with van der Waals surface area (Å²) in [4.78, 5) is 15.8. The number of carbonyl (C=O) groups excluding carboxylic acids is 1. The van der Waals surface area contributed by atoms with E-state index in [2.05, 4.69) is 6.07 Å². The van der Waals surface area contributed by atoms with Crippen molar-refractivity contribution in [3.05, 3.63) is 29.8 Å². The van der Waals surface area contributed by atoms with Gasteiger partial charge in [0.25, 0.3) is 0 Å². The molecule has 0 aromatic heterocycles. The molecule has 1 aromatic rings. The van der Waals surface area contributed by atoms with Gasteiger partial charge in [0.05, 0.1) is 6.07 Å². The zero-order valence-electron chi connectivity index (χ0n) is 13.1. The molecule has 1 atom stereocenters. The van der Waals surface area contributed by atoms with Crippen LogP contribution < -0.4 is 4.90 Å². The Morgan fingerprint density at radius 1 is 1.15 bits per heavy atom. The molecule has 4 nitrogen and oxygen atoms in total. The molecule has 0 aliphatic rings. The number of anilines is 1. The summed E-state index contributed by atoms with van der Waals surface area (Å²) < 4.78 is 0. The van der Waals surface area contributed by atoms with Gasteiger partial charge in [-0.15, -0.1) is 0 Å². The largest absolute Gasteiger partial charge is 0.378 e. The highest BCUT2D eigenvalue weighted by atomic mass is 16.2. The molecule has 4 heteroatoms. The molecule has 0 bridgehead atoms. The molecule has 0 aliphatic carbocycles. The van der Waals surface area contributed by atoms with Gasteiger partial charge in [0, 0.05) is 32.2 Å². The van der Waals surface area contributed by atoms with E-state index in [-0.39, 0.29) is 5.91 Å². The Morgan fingerprint density at radius 3 is 2.00 bits per heavy atom. The molecular formula is C16H23N3O. The van der Waals surface area contributed by atoms with E-state index in [9.17, 15) is 10.1 Å². The van der Waals surface area contributed by atoms with Gasteiger partial charge in [-0.2, -0.15) is 5.26 Å². The first-order valence-corrected chi connectivity index (χ1v) is 6.62. The van der Waals surface area contributed by atoms with Crippen LogP contribution in [0.2, 0.25) is 0 Å². The minimum absolute atomic E-state index is 0.0410. The second-order valence-corrected chi connectivity index (χ2v) is 6.18. The number of rotatable bonds is 3. The highest BCUT2D eigenvalue weighted by Crippen LogP contribution is 2.26. The van der Waals surface area contributed by atoms with E-state index in [4.69, 9.17) is 0 Å². The van der Waals surface area contributed by atoms with Crippen LogP contribution in [0.4, 0.5) is 5.69 Å². The summed E-state index contributed by atoms with van der Waals surface area (Å²) in [6.07, 6.45) is 0. The molecule has 1 aromatic carbocycles. The highest BCUT2D eigenvalue weighted by Gasteiger charge is 2.30. The Kier molecular flexibility index (Phi) is 4.78. The second kappa shape index (κ2) is 5.96. The Morgan fingerprint density at radius 2 is 1.65 bits per heavy atom. The number of nitrogens with zero attached hydrogens (tertiary/aromatic N) is 3. The molecule has 1 rings (SSSR count). The molecule has 0 saturated heterocycles. The predicted octanol–water partition coefficient (Wildman–Crippen LogP) is 2.82. The zero-order chi connectivity index (χ0) is 15.5. The van der Waals surface area contributed by atoms with Crippen molar-refractivity contribution in [3.8, 4) is 6.07 Å². The van der Waals surface area contributed by atoms with E-state index < -0.39 is 11.5 Å². The first-order chi connectivity index (χ1) is 9.18. The van der Waals surface area contributed by atoms with Crippen molar-refractivity contribution >= 4 is 11.6 Å². The zero-order valence-corrected chi connectivity index (χ0v) is 13.1. The topological polar surface area (TPSA) is 47.3 Å². The molecule has 1 unspecified atom stereocenters. The van der Waals surface area contributed by atoms with Crippen molar-refractivity contribution in [1.82, 2.24) is 4.90 Å². The predicted molar refractivity (Wildman–Crippen MR) is 81.3 cm³/mol. The lowest BCUT2D eigenvalue weighted by molar-refractivity contribution is -0.139. The third-order valence-corrected chi connectivity index (χ3v) is 3.20. The molecule has 0 aliphatic heterocycles. The molecule has 108 valence electrons. The molecule has 0 heterocycles. The summed E-state index contributed by atoms with van der Waals surface area (Å²) >= 11 is 0. The molecular weight excluding hydrogens is 250 g/mol. The highest BCUT2D eigenvalue weighted by molar-refractivity contribution is 5.82. The van der Waals surface area contributed by atoms with E-state index in [1.807, 2.05) is 64.0 Å². The lowest BCUT2D eigenvalue weighted by Crippen LogP contribution is -2.38. The van der Waals surface area contributed by atoms with Crippen molar-refractivity contribution in [3.63, 3.8) is 0 Å². The molecule has 0 radical (unpaired) electrons. The van der Waals surface area contributed by atoms with Gasteiger partial charge in [0.1, 0.15) is 6.04 Å². The van der Waals surface area contributed by atoms with E-state index >= 15 is 0 Å². The fourth-order valence-corrected chi connectivity index (χ4v) is 1.99. The van der Waals surface area contributed by atoms with Gasteiger partial charge in [-0.05, 0) is 17.7 Å². The third-order valence-electron chi connectivity index (χ3n) is 3.20. The van der Waals surface area contributed by atoms with Crippen molar-refractivity contribution in [2.24, 2.45) is 5.41 Å². The lowest BCUT2D eigenvalue weighted by Gasteiger charge is -2.29. The van der Waals surface area contributed by atoms with Crippen LogP contribution in [0.25, 0.3) is 0 Å². The quantitative estimate of drug-likeness (QED) is 0.850. The first kappa shape index (κ1) is 16.0. The van der Waals surface area contributed by atoms with Crippen LogP contribution in [0.5, 0.6) is 0 Å². The summed E-state index contributed by atoms with van der Waals surface area (Å²) in [7, 11) is 5.61. The van der Waals surface area contributed by atoms with Crippen molar-refractivity contribution in [1.29, 1.82) is 5.26 Å². The number of nitriles is 1. The van der Waals surface area contributed by atoms with Gasteiger partial charge in [-0.1, -0.05) is 32.9 Å². The number of hydrogen-bond acceptors (Lipinski definition) is 3. The van der Waals surface area contributed by atoms with Gasteiger partial charge >= 0.3 is 0 Å². The first-order valence-electron chi connectivity index (χ1n) is 6.62. The van der Waals surface area contributed by atoms with Crippen LogP contribution in [0.3, 0.4) is 0 Å². The third kappa shape index (κ3) is 3.51. The van der Waals surface area contributed by atoms with E-state index in [0.717, 1.165) is 11.3 Å². The number of hydrogen-bond donors (Lipinski definition) is 0. The summed E-state index contributed by atoms with van der Waals surface area (Å²) in [5.41, 5.74) is 1.40. The smallest absolute Gasteiger partial charge is 0.229 e. The van der Waals surface area contributed by atoms with E-state index in [1.165, 1.54) is 4.90 Å². The van der Waals surface area contributed by atoms with Crippen LogP contribution in [0, 0.1) is 16.7 Å². The maximum atomic E-state index is 12.3. The molecule has 0 spiro atoms. The van der Waals surface area contributed by atoms with Gasteiger partial charge in [-0.25, -0.2) is 0 Å². The Bertz CT molecular complexity index is 506. The standard InChI is InChI=1S/C16H23N3O/c1-16(2,3)15(20)19(6)14(11-17)12-7-9-13(10-8-12)18(4)5/h7-10,14H,1-6H3. The molecule has 1 amide bonds. The van der Waals surface area contributed by atoms with E-state index in [1.54, 1.807) is 7.05 Å². The van der Waals surface area contributed by atoms with Crippen LogP contribution >= 0.6 is 0 Å². The van der Waals surface area contributed by atoms with Crippen LogP contribution in [0.15, 0.2) is 24.3 Å². The monoisotopic (exact) mass is 273 g/mol. The molecule has 20 heavy (non-hydrogen) atoms. The number of benzene rings is 1. The fraction of sp³-hybridized carbons (Fsp3) is 0.500. The second-order valence-electron chi connectivity index (χ2n) is 6.18. The van der Waals surface area contributed by atoms with Gasteiger partial charge in [-0.3, -0.25) is 4.79 Å². The Balaban J connectivity index is 3.02. The summed E-state index contributed by atoms with van der Waals surface area (Å²) in [5, 5.41) is 9.39. The Labute approximate surface area is 121 Å². The minimum atomic E-state index is -0.557. The summed E-state index contributed by atoms with van der Waals surface area (Å²) in [5.74, 6) is -0.0410. The van der Waals surface area contributed by atoms with Crippen molar-refractivity contribution in [2.45, 2.75) is 26.8 Å². The normalized spacial score (nSPS) is 12.4. The fourth-order valence-electron chi connectivity index (χ4n) is 1.99. The van der Waals surface area contributed by atoms with Crippen LogP contribution in [-0.4, -0.2) is 32.0 Å². The lowest BCUT2D eigenvalue weighted by atomic mass is 9.93. The minimum Gasteiger partial charge on any atom is -0.378 e. The maximum absolute atomic E-state index is 12.3. The molecule has 0 fully saturated rings. The number of amides is 1. The average molecular weight is 273 g/mol. The van der Waals surface area contributed by atoms with Crippen molar-refractivity contribution in [2.75, 3.05) is 26.0 Å². The van der Waals surface area contributed by atoms with E-state index in [0.29, 0.717) is 0 Å². The number of carbonyl (C=O) groups is 1. The van der Waals surface area contributed by atoms with Crippen LogP contribution in [0.1, 0.15) is 32.4 Å². The van der Waals surface area contributed by atoms with Gasteiger partial charge < -0.3 is 9.80 Å². The maximum Gasteiger partial charge on any atom is 0.229 e. The van der Waals surface area contributed by atoms with Crippen LogP contribution in [-0.2, 0) is 4.79 Å². The van der Waals surface area contributed by atoms with Crippen molar-refractivity contribution < 1.29 is 4.79 Å². The summed E-state index contributed by atoms with van der Waals surface area (Å²) in [6.45, 7) is 5.57. The van der Waals surface area contributed by atoms with Gasteiger partial charge in [0.15, 0.2) is 0 Å². The molecule has 0 saturated carbocycles. The Hall–Kier alpha value is -2.02. The summed E-state index contributed by atoms with van der Waals surface area (Å²) in [6, 6.07) is 9.36.